The van der Waals surface area contributed by atoms with Gasteiger partial charge in [0, 0.05) is 17.2 Å². The number of amides is 1. The Morgan fingerprint density at radius 1 is 1.04 bits per heavy atom. The Bertz CT molecular complexity index is 633. The molecule has 24 heavy (non-hydrogen) atoms. The Balaban J connectivity index is 1.66. The first-order valence-corrected chi connectivity index (χ1v) is 9.11. The van der Waals surface area contributed by atoms with E-state index in [4.69, 9.17) is 4.74 Å². The van der Waals surface area contributed by atoms with E-state index in [-0.39, 0.29) is 17.9 Å². The smallest absolute Gasteiger partial charge is 0.257 e. The normalized spacial score (nSPS) is 11.1. The van der Waals surface area contributed by atoms with Crippen LogP contribution in [0.25, 0.3) is 0 Å². The Hall–Kier alpha value is -1.94. The van der Waals surface area contributed by atoms with Crippen molar-refractivity contribution in [1.29, 1.82) is 0 Å². The highest BCUT2D eigenvalue weighted by Crippen LogP contribution is 2.24. The van der Waals surface area contributed by atoms with Gasteiger partial charge in [0.15, 0.2) is 6.61 Å². The summed E-state index contributed by atoms with van der Waals surface area (Å²) in [5.74, 6) is 1.47. The first kappa shape index (κ1) is 18.4. The van der Waals surface area contributed by atoms with Gasteiger partial charge in [-0.25, -0.2) is 0 Å². The molecule has 0 spiro atoms. The third-order valence-corrected chi connectivity index (χ3v) is 4.54. The zero-order valence-corrected chi connectivity index (χ0v) is 15.4. The molecule has 0 radical (unpaired) electrons. The fourth-order valence-corrected chi connectivity index (χ4v) is 2.92. The zero-order chi connectivity index (χ0) is 17.4. The van der Waals surface area contributed by atoms with E-state index in [0.29, 0.717) is 6.54 Å². The lowest BCUT2D eigenvalue weighted by atomic mass is 9.87. The van der Waals surface area contributed by atoms with Crippen LogP contribution in [0.3, 0.4) is 0 Å². The predicted octanol–water partition coefficient (Wildman–Crippen LogP) is 4.27. The highest BCUT2D eigenvalue weighted by molar-refractivity contribution is 7.99. The third-order valence-electron chi connectivity index (χ3n) is 3.53. The highest BCUT2D eigenvalue weighted by Gasteiger charge is 2.13. The quantitative estimate of drug-likeness (QED) is 0.603. The molecule has 0 saturated carbocycles. The molecule has 0 saturated heterocycles. The molecule has 0 unspecified atom stereocenters. The summed E-state index contributed by atoms with van der Waals surface area (Å²) in [6.07, 6.45) is 0. The van der Waals surface area contributed by atoms with E-state index < -0.39 is 0 Å². The molecular formula is C20H25NO2S. The van der Waals surface area contributed by atoms with E-state index in [9.17, 15) is 4.79 Å². The summed E-state index contributed by atoms with van der Waals surface area (Å²) in [6.45, 7) is 7.19. The van der Waals surface area contributed by atoms with Crippen LogP contribution < -0.4 is 10.1 Å². The largest absolute Gasteiger partial charge is 0.484 e. The second-order valence-corrected chi connectivity index (χ2v) is 7.74. The van der Waals surface area contributed by atoms with Gasteiger partial charge in [-0.15, -0.1) is 11.8 Å². The lowest BCUT2D eigenvalue weighted by molar-refractivity contribution is -0.122. The van der Waals surface area contributed by atoms with Crippen LogP contribution in [0.1, 0.15) is 26.3 Å². The number of nitrogens with one attached hydrogen (secondary N) is 1. The van der Waals surface area contributed by atoms with Crippen LogP contribution in [0.4, 0.5) is 0 Å². The molecule has 0 atom stereocenters. The predicted molar refractivity (Wildman–Crippen MR) is 101 cm³/mol. The van der Waals surface area contributed by atoms with Crippen LogP contribution in [0.2, 0.25) is 0 Å². The summed E-state index contributed by atoms with van der Waals surface area (Å²) in [4.78, 5) is 13.0. The molecule has 0 aliphatic carbocycles. The van der Waals surface area contributed by atoms with Gasteiger partial charge in [0.2, 0.25) is 0 Å². The minimum atomic E-state index is -0.0939. The minimum absolute atomic E-state index is 0.0465. The lowest BCUT2D eigenvalue weighted by Crippen LogP contribution is -2.30. The van der Waals surface area contributed by atoms with Crippen molar-refractivity contribution < 1.29 is 9.53 Å². The molecule has 4 heteroatoms. The van der Waals surface area contributed by atoms with Gasteiger partial charge >= 0.3 is 0 Å². The molecule has 0 fully saturated rings. The fourth-order valence-electron chi connectivity index (χ4n) is 2.13. The van der Waals surface area contributed by atoms with Crippen molar-refractivity contribution in [2.24, 2.45) is 0 Å². The molecule has 0 heterocycles. The molecule has 0 aliphatic heterocycles. The van der Waals surface area contributed by atoms with Crippen LogP contribution in [0, 0.1) is 0 Å². The molecule has 2 rings (SSSR count). The summed E-state index contributed by atoms with van der Waals surface area (Å²) in [7, 11) is 0. The van der Waals surface area contributed by atoms with Gasteiger partial charge in [-0.1, -0.05) is 51.1 Å². The topological polar surface area (TPSA) is 38.3 Å². The van der Waals surface area contributed by atoms with E-state index in [1.54, 1.807) is 11.8 Å². The van der Waals surface area contributed by atoms with E-state index in [2.05, 4.69) is 38.2 Å². The number of benzene rings is 2. The van der Waals surface area contributed by atoms with Crippen molar-refractivity contribution in [3.63, 3.8) is 0 Å². The van der Waals surface area contributed by atoms with Gasteiger partial charge in [-0.05, 0) is 35.2 Å². The maximum atomic E-state index is 11.8. The number of hydrogen-bond acceptors (Lipinski definition) is 3. The van der Waals surface area contributed by atoms with Gasteiger partial charge in [0.1, 0.15) is 5.75 Å². The summed E-state index contributed by atoms with van der Waals surface area (Å²) in [6, 6.07) is 18.1. The fraction of sp³-hybridized carbons (Fsp3) is 0.350. The molecule has 2 aromatic rings. The van der Waals surface area contributed by atoms with E-state index >= 15 is 0 Å². The standard InChI is InChI=1S/C20H25NO2S/c1-20(2,3)16-9-11-17(12-10-16)23-15-19(22)21-13-14-24-18-7-5-4-6-8-18/h4-12H,13-15H2,1-3H3,(H,21,22). The number of rotatable bonds is 7. The van der Waals surface area contributed by atoms with Crippen LogP contribution in [-0.2, 0) is 10.2 Å². The molecule has 2 aromatic carbocycles. The van der Waals surface area contributed by atoms with Gasteiger partial charge in [-0.2, -0.15) is 0 Å². The Morgan fingerprint density at radius 2 is 1.71 bits per heavy atom. The summed E-state index contributed by atoms with van der Waals surface area (Å²) in [5.41, 5.74) is 1.36. The van der Waals surface area contributed by atoms with Gasteiger partial charge in [0.05, 0.1) is 0 Å². The molecule has 0 aromatic heterocycles. The Labute approximate surface area is 148 Å². The van der Waals surface area contributed by atoms with Gasteiger partial charge in [-0.3, -0.25) is 4.79 Å². The van der Waals surface area contributed by atoms with Crippen molar-refractivity contribution in [2.75, 3.05) is 18.9 Å². The second-order valence-electron chi connectivity index (χ2n) is 6.57. The first-order chi connectivity index (χ1) is 11.4. The average Bonchev–Trinajstić information content (AvgIpc) is 2.57. The van der Waals surface area contributed by atoms with Crippen LogP contribution in [0.15, 0.2) is 59.5 Å². The first-order valence-electron chi connectivity index (χ1n) is 8.13. The van der Waals surface area contributed by atoms with Gasteiger partial charge in [0.25, 0.3) is 5.91 Å². The number of hydrogen-bond donors (Lipinski definition) is 1. The summed E-state index contributed by atoms with van der Waals surface area (Å²) < 4.78 is 5.53. The number of carbonyl (C=O) groups excluding carboxylic acids is 1. The van der Waals surface area contributed by atoms with Gasteiger partial charge < -0.3 is 10.1 Å². The van der Waals surface area contributed by atoms with Crippen molar-refractivity contribution >= 4 is 17.7 Å². The minimum Gasteiger partial charge on any atom is -0.484 e. The number of carbonyl (C=O) groups is 1. The molecule has 1 N–H and O–H groups in total. The van der Waals surface area contributed by atoms with E-state index in [1.165, 1.54) is 10.5 Å². The van der Waals surface area contributed by atoms with Crippen molar-refractivity contribution in [3.8, 4) is 5.75 Å². The second kappa shape index (κ2) is 8.78. The molecule has 0 aliphatic rings. The summed E-state index contributed by atoms with van der Waals surface area (Å²) in [5, 5.41) is 2.87. The maximum Gasteiger partial charge on any atom is 0.257 e. The average molecular weight is 343 g/mol. The van der Waals surface area contributed by atoms with Crippen LogP contribution in [-0.4, -0.2) is 24.8 Å². The van der Waals surface area contributed by atoms with Crippen molar-refractivity contribution in [2.45, 2.75) is 31.1 Å². The Morgan fingerprint density at radius 3 is 2.33 bits per heavy atom. The number of ether oxygens (including phenoxy) is 1. The molecule has 0 bridgehead atoms. The number of thioether (sulfide) groups is 1. The Kier molecular flexibility index (Phi) is 6.73. The van der Waals surface area contributed by atoms with Crippen LogP contribution in [0.5, 0.6) is 5.75 Å². The van der Waals surface area contributed by atoms with E-state index in [0.717, 1.165) is 11.5 Å². The lowest BCUT2D eigenvalue weighted by Gasteiger charge is -2.19. The van der Waals surface area contributed by atoms with Crippen molar-refractivity contribution in [3.05, 3.63) is 60.2 Å². The highest BCUT2D eigenvalue weighted by atomic mass is 32.2. The molecule has 3 nitrogen and oxygen atoms in total. The third kappa shape index (κ3) is 6.28. The molecular weight excluding hydrogens is 318 g/mol. The zero-order valence-electron chi connectivity index (χ0n) is 14.5. The van der Waals surface area contributed by atoms with E-state index in [1.807, 2.05) is 42.5 Å². The molecule has 128 valence electrons. The monoisotopic (exact) mass is 343 g/mol. The molecule has 1 amide bonds. The van der Waals surface area contributed by atoms with Crippen LogP contribution >= 0.6 is 11.8 Å². The SMILES string of the molecule is CC(C)(C)c1ccc(OCC(=O)NCCSc2ccccc2)cc1. The van der Waals surface area contributed by atoms with Crippen molar-refractivity contribution in [1.82, 2.24) is 5.32 Å². The maximum absolute atomic E-state index is 11.8. The summed E-state index contributed by atoms with van der Waals surface area (Å²) >= 11 is 1.73.